The monoisotopic (exact) mass is 355 g/mol. The lowest BCUT2D eigenvalue weighted by Crippen LogP contribution is -2.46. The summed E-state index contributed by atoms with van der Waals surface area (Å²) in [5.74, 6) is 0.680. The van der Waals surface area contributed by atoms with Crippen LogP contribution in [0.2, 0.25) is 0 Å². The molecule has 0 heterocycles. The number of methoxy groups -OCH3 is 1. The molecule has 0 aromatic heterocycles. The van der Waals surface area contributed by atoms with Crippen molar-refractivity contribution >= 4 is 15.8 Å². The Labute approximate surface area is 145 Å². The quantitative estimate of drug-likeness (QED) is 0.380. The third-order valence-corrected chi connectivity index (χ3v) is 5.31. The van der Waals surface area contributed by atoms with Crippen molar-refractivity contribution in [2.75, 3.05) is 32.6 Å². The van der Waals surface area contributed by atoms with Crippen LogP contribution >= 0.6 is 0 Å². The Balaban J connectivity index is 2.73. The van der Waals surface area contributed by atoms with Crippen LogP contribution < -0.4 is 10.6 Å². The van der Waals surface area contributed by atoms with Crippen LogP contribution in [0.3, 0.4) is 0 Å². The van der Waals surface area contributed by atoms with E-state index in [9.17, 15) is 8.42 Å². The number of rotatable bonds is 10. The molecule has 1 rings (SSSR count). The fourth-order valence-corrected chi connectivity index (χ4v) is 3.78. The lowest BCUT2D eigenvalue weighted by molar-refractivity contribution is 0.197. The number of guanidine groups is 1. The van der Waals surface area contributed by atoms with Crippen molar-refractivity contribution in [3.63, 3.8) is 0 Å². The Morgan fingerprint density at radius 3 is 2.54 bits per heavy atom. The van der Waals surface area contributed by atoms with Crippen LogP contribution in [-0.4, -0.2) is 53.0 Å². The first kappa shape index (κ1) is 20.4. The van der Waals surface area contributed by atoms with Crippen LogP contribution in [0.15, 0.2) is 40.2 Å². The predicted molar refractivity (Wildman–Crippen MR) is 98.2 cm³/mol. The molecule has 0 bridgehead atoms. The topological polar surface area (TPSA) is 79.8 Å². The molecule has 0 saturated heterocycles. The number of ether oxygens (including phenoxy) is 1. The zero-order chi connectivity index (χ0) is 17.8. The van der Waals surface area contributed by atoms with Gasteiger partial charge in [-0.05, 0) is 31.9 Å². The van der Waals surface area contributed by atoms with E-state index in [1.165, 1.54) is 0 Å². The molecule has 0 aliphatic heterocycles. The van der Waals surface area contributed by atoms with Gasteiger partial charge >= 0.3 is 0 Å². The van der Waals surface area contributed by atoms with Gasteiger partial charge in [0.25, 0.3) is 0 Å². The molecule has 1 atom stereocenters. The van der Waals surface area contributed by atoms with E-state index in [0.717, 1.165) is 13.0 Å². The number of nitrogens with one attached hydrogen (secondary N) is 2. The van der Waals surface area contributed by atoms with Gasteiger partial charge in [0.05, 0.1) is 10.6 Å². The minimum atomic E-state index is -3.33. The second kappa shape index (κ2) is 11.0. The van der Waals surface area contributed by atoms with Gasteiger partial charge in [-0.2, -0.15) is 0 Å². The number of sulfone groups is 1. The van der Waals surface area contributed by atoms with Crippen LogP contribution in [-0.2, 0) is 14.6 Å². The van der Waals surface area contributed by atoms with Gasteiger partial charge in [0, 0.05) is 32.8 Å². The Morgan fingerprint density at radius 2 is 1.96 bits per heavy atom. The molecular weight excluding hydrogens is 326 g/mol. The maximum Gasteiger partial charge on any atom is 0.191 e. The number of benzene rings is 1. The van der Waals surface area contributed by atoms with E-state index in [1.54, 1.807) is 31.4 Å². The normalized spacial score (nSPS) is 13.5. The molecule has 1 aromatic rings. The van der Waals surface area contributed by atoms with Gasteiger partial charge in [-0.15, -0.1) is 0 Å². The van der Waals surface area contributed by atoms with Gasteiger partial charge in [-0.25, -0.2) is 8.42 Å². The van der Waals surface area contributed by atoms with Crippen molar-refractivity contribution < 1.29 is 13.2 Å². The minimum Gasteiger partial charge on any atom is -0.385 e. The molecule has 0 saturated carbocycles. The van der Waals surface area contributed by atoms with E-state index >= 15 is 0 Å². The third kappa shape index (κ3) is 7.31. The summed E-state index contributed by atoms with van der Waals surface area (Å²) in [5.41, 5.74) is 0. The fourth-order valence-electron chi connectivity index (χ4n) is 2.16. The predicted octanol–water partition coefficient (Wildman–Crippen LogP) is 1.83. The van der Waals surface area contributed by atoms with Crippen molar-refractivity contribution in [3.05, 3.63) is 30.3 Å². The molecule has 6 nitrogen and oxygen atoms in total. The van der Waals surface area contributed by atoms with E-state index in [0.29, 0.717) is 30.4 Å². The van der Waals surface area contributed by atoms with Crippen LogP contribution in [0.25, 0.3) is 0 Å². The molecular formula is C17H29N3O3S. The second-order valence-corrected chi connectivity index (χ2v) is 7.49. The highest BCUT2D eigenvalue weighted by atomic mass is 32.2. The molecule has 136 valence electrons. The first-order valence-electron chi connectivity index (χ1n) is 8.35. The Hall–Kier alpha value is -1.60. The van der Waals surface area contributed by atoms with Gasteiger partial charge in [-0.1, -0.05) is 25.1 Å². The number of aliphatic imine (C=N–C) groups is 1. The fraction of sp³-hybridized carbons (Fsp3) is 0.588. The zero-order valence-electron chi connectivity index (χ0n) is 14.8. The van der Waals surface area contributed by atoms with Gasteiger partial charge < -0.3 is 15.4 Å². The van der Waals surface area contributed by atoms with Crippen molar-refractivity contribution in [1.82, 2.24) is 10.6 Å². The minimum absolute atomic E-state index is 0.0377. The first-order chi connectivity index (χ1) is 11.5. The molecule has 0 radical (unpaired) electrons. The van der Waals surface area contributed by atoms with E-state index in [4.69, 9.17) is 4.74 Å². The Morgan fingerprint density at radius 1 is 1.25 bits per heavy atom. The Kier molecular flexibility index (Phi) is 9.41. The average Bonchev–Trinajstić information content (AvgIpc) is 2.58. The molecule has 0 amide bonds. The molecule has 0 spiro atoms. The summed E-state index contributed by atoms with van der Waals surface area (Å²) in [6, 6.07) is 8.35. The highest BCUT2D eigenvalue weighted by Crippen LogP contribution is 2.12. The summed E-state index contributed by atoms with van der Waals surface area (Å²) >= 11 is 0. The zero-order valence-corrected chi connectivity index (χ0v) is 15.6. The smallest absolute Gasteiger partial charge is 0.191 e. The first-order valence-corrected chi connectivity index (χ1v) is 10.00. The number of hydrogen-bond donors (Lipinski definition) is 2. The maximum atomic E-state index is 12.5. The van der Waals surface area contributed by atoms with Crippen molar-refractivity contribution in [3.8, 4) is 0 Å². The average molecular weight is 356 g/mol. The molecule has 0 fully saturated rings. The highest BCUT2D eigenvalue weighted by molar-refractivity contribution is 7.91. The largest absolute Gasteiger partial charge is 0.385 e. The molecule has 1 unspecified atom stereocenters. The van der Waals surface area contributed by atoms with E-state index < -0.39 is 9.84 Å². The van der Waals surface area contributed by atoms with E-state index in [2.05, 4.69) is 15.6 Å². The molecule has 0 aliphatic rings. The van der Waals surface area contributed by atoms with Crippen LogP contribution in [0, 0.1) is 0 Å². The SMILES string of the molecule is CCNC(=NCCCOC)NC(CC)CS(=O)(=O)c1ccccc1. The number of nitrogens with zero attached hydrogens (tertiary/aromatic N) is 1. The van der Waals surface area contributed by atoms with Crippen molar-refractivity contribution in [1.29, 1.82) is 0 Å². The Bertz CT molecular complexity index is 588. The van der Waals surface area contributed by atoms with Crippen LogP contribution in [0.1, 0.15) is 26.7 Å². The summed E-state index contributed by atoms with van der Waals surface area (Å²) in [5, 5.41) is 6.38. The lowest BCUT2D eigenvalue weighted by Gasteiger charge is -2.20. The maximum absolute atomic E-state index is 12.5. The molecule has 0 aliphatic carbocycles. The summed E-state index contributed by atoms with van der Waals surface area (Å²) in [4.78, 5) is 4.82. The van der Waals surface area contributed by atoms with Crippen molar-refractivity contribution in [2.45, 2.75) is 37.6 Å². The summed E-state index contributed by atoms with van der Waals surface area (Å²) in [6.45, 7) is 5.95. The second-order valence-electron chi connectivity index (χ2n) is 5.45. The third-order valence-electron chi connectivity index (χ3n) is 3.48. The van der Waals surface area contributed by atoms with E-state index in [-0.39, 0.29) is 11.8 Å². The van der Waals surface area contributed by atoms with Gasteiger partial charge in [0.2, 0.25) is 0 Å². The van der Waals surface area contributed by atoms with Crippen molar-refractivity contribution in [2.24, 2.45) is 4.99 Å². The highest BCUT2D eigenvalue weighted by Gasteiger charge is 2.20. The summed E-state index contributed by atoms with van der Waals surface area (Å²) in [7, 11) is -1.67. The van der Waals surface area contributed by atoms with Crippen LogP contribution in [0.4, 0.5) is 0 Å². The van der Waals surface area contributed by atoms with Gasteiger partial charge in [-0.3, -0.25) is 4.99 Å². The number of hydrogen-bond acceptors (Lipinski definition) is 4. The molecule has 24 heavy (non-hydrogen) atoms. The summed E-state index contributed by atoms with van der Waals surface area (Å²) in [6.07, 6.45) is 1.51. The van der Waals surface area contributed by atoms with Crippen LogP contribution in [0.5, 0.6) is 0 Å². The lowest BCUT2D eigenvalue weighted by atomic mass is 10.3. The molecule has 7 heteroatoms. The standard InChI is InChI=1S/C17H29N3O3S/c1-4-15(14-24(21,22)16-10-7-6-8-11-16)20-17(18-5-2)19-12-9-13-23-3/h6-8,10-11,15H,4-5,9,12-14H2,1-3H3,(H2,18,19,20). The van der Waals surface area contributed by atoms with E-state index in [1.807, 2.05) is 19.9 Å². The molecule has 2 N–H and O–H groups in total. The molecule has 1 aromatic carbocycles. The van der Waals surface area contributed by atoms with Gasteiger partial charge in [0.1, 0.15) is 0 Å². The summed E-state index contributed by atoms with van der Waals surface area (Å²) < 4.78 is 30.1. The van der Waals surface area contributed by atoms with Gasteiger partial charge in [0.15, 0.2) is 15.8 Å².